The third-order valence-electron chi connectivity index (χ3n) is 4.23. The van der Waals surface area contributed by atoms with Gasteiger partial charge in [-0.25, -0.2) is 9.97 Å². The molecule has 6 heteroatoms. The van der Waals surface area contributed by atoms with E-state index in [-0.39, 0.29) is 6.61 Å². The van der Waals surface area contributed by atoms with Crippen LogP contribution in [0.2, 0.25) is 5.15 Å². The van der Waals surface area contributed by atoms with Crippen LogP contribution in [0.1, 0.15) is 22.5 Å². The van der Waals surface area contributed by atoms with Gasteiger partial charge in [0.05, 0.1) is 13.7 Å². The standard InChI is InChI=1S/C21H22ClN3O2/c1-15-23-20(22)11-21(24-15)25(12-16-3-5-18(14-26)6-4-16)13-17-7-9-19(27-2)10-8-17/h3-11,26H,12-14H2,1-2H3. The molecule has 0 saturated carbocycles. The molecule has 0 aliphatic rings. The Hall–Kier alpha value is -2.63. The lowest BCUT2D eigenvalue weighted by molar-refractivity contribution is 0.282. The van der Waals surface area contributed by atoms with Crippen molar-refractivity contribution in [2.24, 2.45) is 0 Å². The van der Waals surface area contributed by atoms with Crippen LogP contribution in [0.15, 0.2) is 54.6 Å². The number of halogens is 1. The lowest BCUT2D eigenvalue weighted by atomic mass is 10.1. The van der Waals surface area contributed by atoms with E-state index in [4.69, 9.17) is 16.3 Å². The predicted molar refractivity (Wildman–Crippen MR) is 107 cm³/mol. The minimum atomic E-state index is 0.0382. The van der Waals surface area contributed by atoms with Crippen molar-refractivity contribution in [2.75, 3.05) is 12.0 Å². The van der Waals surface area contributed by atoms with Crippen molar-refractivity contribution >= 4 is 17.4 Å². The quantitative estimate of drug-likeness (QED) is 0.621. The first-order chi connectivity index (χ1) is 13.1. The zero-order valence-corrected chi connectivity index (χ0v) is 16.1. The molecule has 140 valence electrons. The highest BCUT2D eigenvalue weighted by atomic mass is 35.5. The Labute approximate surface area is 164 Å². The Morgan fingerprint density at radius 1 is 0.926 bits per heavy atom. The number of methoxy groups -OCH3 is 1. The number of nitrogens with zero attached hydrogens (tertiary/aromatic N) is 3. The van der Waals surface area contributed by atoms with Crippen LogP contribution in [0.4, 0.5) is 5.82 Å². The van der Waals surface area contributed by atoms with Gasteiger partial charge in [-0.3, -0.25) is 0 Å². The molecular formula is C21H22ClN3O2. The summed E-state index contributed by atoms with van der Waals surface area (Å²) in [7, 11) is 1.66. The molecule has 0 spiro atoms. The summed E-state index contributed by atoms with van der Waals surface area (Å²) in [6.07, 6.45) is 0. The number of hydrogen-bond acceptors (Lipinski definition) is 5. The molecular weight excluding hydrogens is 362 g/mol. The minimum absolute atomic E-state index is 0.0382. The number of aliphatic hydroxyl groups is 1. The van der Waals surface area contributed by atoms with Gasteiger partial charge in [-0.1, -0.05) is 48.0 Å². The second kappa shape index (κ2) is 8.84. The Morgan fingerprint density at radius 3 is 2.00 bits per heavy atom. The van der Waals surface area contributed by atoms with Gasteiger partial charge in [-0.2, -0.15) is 0 Å². The lowest BCUT2D eigenvalue weighted by Crippen LogP contribution is -2.23. The molecule has 0 aliphatic heterocycles. The zero-order chi connectivity index (χ0) is 19.2. The normalized spacial score (nSPS) is 10.7. The molecule has 0 bridgehead atoms. The first kappa shape index (κ1) is 19.1. The largest absolute Gasteiger partial charge is 0.497 e. The van der Waals surface area contributed by atoms with Gasteiger partial charge in [0.2, 0.25) is 0 Å². The van der Waals surface area contributed by atoms with Crippen LogP contribution in [0, 0.1) is 6.92 Å². The maximum absolute atomic E-state index is 9.23. The molecule has 3 rings (SSSR count). The van der Waals surface area contributed by atoms with Crippen LogP contribution in [0.5, 0.6) is 5.75 Å². The van der Waals surface area contributed by atoms with E-state index in [0.29, 0.717) is 24.1 Å². The van der Waals surface area contributed by atoms with Gasteiger partial charge in [0.25, 0.3) is 0 Å². The molecule has 0 radical (unpaired) electrons. The van der Waals surface area contributed by atoms with Crippen molar-refractivity contribution in [3.05, 3.63) is 82.3 Å². The SMILES string of the molecule is COc1ccc(CN(Cc2ccc(CO)cc2)c2cc(Cl)nc(C)n2)cc1. The van der Waals surface area contributed by atoms with E-state index in [1.54, 1.807) is 13.2 Å². The Morgan fingerprint density at radius 2 is 1.48 bits per heavy atom. The fourth-order valence-electron chi connectivity index (χ4n) is 2.82. The van der Waals surface area contributed by atoms with Gasteiger partial charge in [0.1, 0.15) is 22.5 Å². The number of aryl methyl sites for hydroxylation is 1. The summed E-state index contributed by atoms with van der Waals surface area (Å²) < 4.78 is 5.24. The summed E-state index contributed by atoms with van der Waals surface area (Å²) in [6, 6.07) is 17.6. The highest BCUT2D eigenvalue weighted by molar-refractivity contribution is 6.29. The number of rotatable bonds is 7. The third kappa shape index (κ3) is 5.18. The van der Waals surface area contributed by atoms with E-state index in [0.717, 1.165) is 28.3 Å². The predicted octanol–water partition coefficient (Wildman–Crippen LogP) is 4.15. The molecule has 2 aromatic carbocycles. The molecule has 1 aromatic heterocycles. The van der Waals surface area contributed by atoms with Gasteiger partial charge in [-0.05, 0) is 35.7 Å². The first-order valence-electron chi connectivity index (χ1n) is 8.65. The van der Waals surface area contributed by atoms with Gasteiger partial charge < -0.3 is 14.7 Å². The number of benzene rings is 2. The number of hydrogen-bond donors (Lipinski definition) is 1. The molecule has 3 aromatic rings. The molecule has 5 nitrogen and oxygen atoms in total. The Bertz CT molecular complexity index is 813. The van der Waals surface area contributed by atoms with Gasteiger partial charge in [-0.15, -0.1) is 0 Å². The Kier molecular flexibility index (Phi) is 6.27. The number of ether oxygens (including phenoxy) is 1. The maximum Gasteiger partial charge on any atom is 0.134 e. The number of aliphatic hydroxyl groups excluding tert-OH is 1. The van der Waals surface area contributed by atoms with E-state index in [1.165, 1.54) is 0 Å². The molecule has 1 N–H and O–H groups in total. The van der Waals surface area contributed by atoms with Crippen LogP contribution >= 0.6 is 11.6 Å². The zero-order valence-electron chi connectivity index (χ0n) is 15.4. The molecule has 0 saturated heterocycles. The van der Waals surface area contributed by atoms with Gasteiger partial charge in [0, 0.05) is 19.2 Å². The van der Waals surface area contributed by atoms with Crippen LogP contribution in [-0.4, -0.2) is 22.2 Å². The summed E-state index contributed by atoms with van der Waals surface area (Å²) >= 11 is 6.16. The molecule has 0 fully saturated rings. The fraction of sp³-hybridized carbons (Fsp3) is 0.238. The molecule has 0 aliphatic carbocycles. The van der Waals surface area contributed by atoms with Crippen LogP contribution < -0.4 is 9.64 Å². The van der Waals surface area contributed by atoms with Crippen molar-refractivity contribution in [1.29, 1.82) is 0 Å². The Balaban J connectivity index is 1.88. The molecule has 27 heavy (non-hydrogen) atoms. The van der Waals surface area contributed by atoms with Crippen LogP contribution in [0.3, 0.4) is 0 Å². The topological polar surface area (TPSA) is 58.5 Å². The van der Waals surface area contributed by atoms with Crippen LogP contribution in [-0.2, 0) is 19.7 Å². The molecule has 0 unspecified atom stereocenters. The highest BCUT2D eigenvalue weighted by Crippen LogP contribution is 2.22. The highest BCUT2D eigenvalue weighted by Gasteiger charge is 2.12. The van der Waals surface area contributed by atoms with E-state index in [9.17, 15) is 5.11 Å². The summed E-state index contributed by atoms with van der Waals surface area (Å²) in [5.41, 5.74) is 3.14. The van der Waals surface area contributed by atoms with E-state index in [1.807, 2.05) is 55.5 Å². The molecule has 0 atom stereocenters. The second-order valence-electron chi connectivity index (χ2n) is 6.27. The lowest BCUT2D eigenvalue weighted by Gasteiger charge is -2.24. The summed E-state index contributed by atoms with van der Waals surface area (Å²) in [4.78, 5) is 10.9. The maximum atomic E-state index is 9.23. The summed E-state index contributed by atoms with van der Waals surface area (Å²) in [6.45, 7) is 3.19. The van der Waals surface area contributed by atoms with Crippen molar-refractivity contribution in [1.82, 2.24) is 9.97 Å². The third-order valence-corrected chi connectivity index (χ3v) is 4.42. The first-order valence-corrected chi connectivity index (χ1v) is 9.03. The average molecular weight is 384 g/mol. The summed E-state index contributed by atoms with van der Waals surface area (Å²) in [5, 5.41) is 9.66. The molecule has 0 amide bonds. The number of aromatic nitrogens is 2. The van der Waals surface area contributed by atoms with Crippen molar-refractivity contribution in [3.63, 3.8) is 0 Å². The van der Waals surface area contributed by atoms with Crippen molar-refractivity contribution in [2.45, 2.75) is 26.6 Å². The van der Waals surface area contributed by atoms with Crippen molar-refractivity contribution < 1.29 is 9.84 Å². The monoisotopic (exact) mass is 383 g/mol. The fourth-order valence-corrected chi connectivity index (χ4v) is 3.04. The minimum Gasteiger partial charge on any atom is -0.497 e. The van der Waals surface area contributed by atoms with E-state index in [2.05, 4.69) is 14.9 Å². The molecule has 1 heterocycles. The van der Waals surface area contributed by atoms with Gasteiger partial charge >= 0.3 is 0 Å². The smallest absolute Gasteiger partial charge is 0.134 e. The number of anilines is 1. The van der Waals surface area contributed by atoms with E-state index >= 15 is 0 Å². The van der Waals surface area contributed by atoms with E-state index < -0.39 is 0 Å². The van der Waals surface area contributed by atoms with Gasteiger partial charge in [0.15, 0.2) is 0 Å². The van der Waals surface area contributed by atoms with Crippen LogP contribution in [0.25, 0.3) is 0 Å². The van der Waals surface area contributed by atoms with Crippen molar-refractivity contribution in [3.8, 4) is 5.75 Å². The average Bonchev–Trinajstić information content (AvgIpc) is 2.68. The summed E-state index contributed by atoms with van der Waals surface area (Å²) in [5.74, 6) is 2.23. The second-order valence-corrected chi connectivity index (χ2v) is 6.66.